The van der Waals surface area contributed by atoms with E-state index < -0.39 is 77.3 Å². The molecule has 214 valence electrons. The molecular weight excluding hydrogens is 512 g/mol. The van der Waals surface area contributed by atoms with Crippen LogP contribution in [0.25, 0.3) is 0 Å². The van der Waals surface area contributed by atoms with Crippen LogP contribution in [-0.4, -0.2) is 72.1 Å². The van der Waals surface area contributed by atoms with Gasteiger partial charge < -0.3 is 28.4 Å². The lowest BCUT2D eigenvalue weighted by atomic mass is 9.54. The monoisotopic (exact) mass is 548 g/mol. The Morgan fingerprint density at radius 2 is 1.49 bits per heavy atom. The third-order valence-corrected chi connectivity index (χ3v) is 8.40. The Hall–Kier alpha value is -3.21. The second kappa shape index (κ2) is 10.1. The minimum absolute atomic E-state index is 0.131. The minimum Gasteiger partial charge on any atom is -0.462 e. The summed E-state index contributed by atoms with van der Waals surface area (Å²) in [6.07, 6.45) is -3.24. The van der Waals surface area contributed by atoms with Gasteiger partial charge in [0.15, 0.2) is 0 Å². The highest BCUT2D eigenvalue weighted by Crippen LogP contribution is 2.64. The zero-order valence-electron chi connectivity index (χ0n) is 23.5. The van der Waals surface area contributed by atoms with Crippen molar-refractivity contribution in [2.75, 3.05) is 0 Å². The van der Waals surface area contributed by atoms with E-state index in [-0.39, 0.29) is 24.5 Å². The Balaban J connectivity index is 2.06. The van der Waals surface area contributed by atoms with E-state index >= 15 is 0 Å². The summed E-state index contributed by atoms with van der Waals surface area (Å²) in [6.45, 7) is 12.0. The highest BCUT2D eigenvalue weighted by Gasteiger charge is 2.75. The van der Waals surface area contributed by atoms with Gasteiger partial charge in [0.05, 0.1) is 17.1 Å². The Kier molecular flexibility index (Phi) is 7.44. The van der Waals surface area contributed by atoms with Crippen LogP contribution in [0.5, 0.6) is 0 Å². The molecule has 0 spiro atoms. The summed E-state index contributed by atoms with van der Waals surface area (Å²) in [4.78, 5) is 62.6. The minimum atomic E-state index is -1.32. The van der Waals surface area contributed by atoms with E-state index in [9.17, 15) is 24.0 Å². The molecule has 0 amide bonds. The first kappa shape index (κ1) is 28.8. The molecule has 11 nitrogen and oxygen atoms in total. The second-order valence-corrected chi connectivity index (χ2v) is 11.3. The number of ether oxygens (including phenoxy) is 6. The topological polar surface area (TPSA) is 144 Å². The van der Waals surface area contributed by atoms with Crippen molar-refractivity contribution in [3.63, 3.8) is 0 Å². The quantitative estimate of drug-likeness (QED) is 0.221. The van der Waals surface area contributed by atoms with Crippen LogP contribution in [0.15, 0.2) is 22.8 Å². The first-order valence-electron chi connectivity index (χ1n) is 13.0. The van der Waals surface area contributed by atoms with E-state index in [1.807, 2.05) is 6.92 Å². The van der Waals surface area contributed by atoms with Gasteiger partial charge in [-0.3, -0.25) is 19.2 Å². The molecule has 0 aromatic heterocycles. The fourth-order valence-corrected chi connectivity index (χ4v) is 6.89. The Labute approximate surface area is 227 Å². The van der Waals surface area contributed by atoms with Crippen LogP contribution in [-0.2, 0) is 52.4 Å². The molecule has 0 N–H and O–H groups in total. The maximum absolute atomic E-state index is 12.8. The molecule has 9 atom stereocenters. The molecule has 0 aromatic rings. The standard InChI is InChI=1S/C28H36O11/c1-12-9-18-22(13(2)26(33)38-18)23(36-16(5)31)24-27(7,20(35-15(4)30)11-21-28(24,8)39-21)25(37-17(6)32)19(10-12)34-14(3)29/h9,18-21,23-25H,10-11H2,1-8H3. The predicted molar refractivity (Wildman–Crippen MR) is 133 cm³/mol. The average Bonchev–Trinajstić information content (AvgIpc) is 3.35. The Morgan fingerprint density at radius 1 is 0.897 bits per heavy atom. The van der Waals surface area contributed by atoms with Crippen LogP contribution < -0.4 is 0 Å². The van der Waals surface area contributed by atoms with Gasteiger partial charge in [-0.2, -0.15) is 0 Å². The van der Waals surface area contributed by atoms with Gasteiger partial charge in [0, 0.05) is 57.6 Å². The molecule has 2 aliphatic carbocycles. The average molecular weight is 549 g/mol. The Bertz CT molecular complexity index is 1170. The summed E-state index contributed by atoms with van der Waals surface area (Å²) in [5.41, 5.74) is -0.836. The van der Waals surface area contributed by atoms with Crippen molar-refractivity contribution in [1.29, 1.82) is 0 Å². The maximum Gasteiger partial charge on any atom is 0.334 e. The fraction of sp³-hybridized carbons (Fsp3) is 0.679. The number of epoxide rings is 1. The summed E-state index contributed by atoms with van der Waals surface area (Å²) >= 11 is 0. The molecule has 39 heavy (non-hydrogen) atoms. The van der Waals surface area contributed by atoms with Crippen molar-refractivity contribution in [1.82, 2.24) is 0 Å². The molecule has 0 bridgehead atoms. The van der Waals surface area contributed by atoms with E-state index in [1.54, 1.807) is 26.8 Å². The number of rotatable bonds is 4. The van der Waals surface area contributed by atoms with Crippen LogP contribution in [0.2, 0.25) is 0 Å². The van der Waals surface area contributed by atoms with Gasteiger partial charge in [-0.25, -0.2) is 4.79 Å². The Morgan fingerprint density at radius 3 is 2.05 bits per heavy atom. The van der Waals surface area contributed by atoms with Crippen LogP contribution in [0.4, 0.5) is 0 Å². The third-order valence-electron chi connectivity index (χ3n) is 8.40. The first-order chi connectivity index (χ1) is 18.1. The van der Waals surface area contributed by atoms with E-state index in [1.165, 1.54) is 27.7 Å². The molecule has 9 unspecified atom stereocenters. The van der Waals surface area contributed by atoms with Crippen molar-refractivity contribution < 1.29 is 52.4 Å². The molecule has 4 rings (SSSR count). The molecule has 11 heteroatoms. The number of carbonyl (C=O) groups is 5. The molecule has 1 saturated heterocycles. The van der Waals surface area contributed by atoms with Gasteiger partial charge in [0.1, 0.15) is 30.5 Å². The SMILES string of the molecule is CC(=O)OC1CC(C)=CC2OC(=O)C(C)=C2C(OC(C)=O)C2C3(C)OC3CC(OC(C)=O)C2(C)C1OC(C)=O. The summed E-state index contributed by atoms with van der Waals surface area (Å²) in [5, 5.41) is 0. The largest absolute Gasteiger partial charge is 0.462 e. The van der Waals surface area contributed by atoms with E-state index in [0.717, 1.165) is 0 Å². The lowest BCUT2D eigenvalue weighted by Crippen LogP contribution is -2.65. The van der Waals surface area contributed by atoms with Crippen molar-refractivity contribution in [3.8, 4) is 0 Å². The lowest BCUT2D eigenvalue weighted by Gasteiger charge is -2.54. The number of esters is 5. The number of carbonyl (C=O) groups excluding carboxylic acids is 5. The van der Waals surface area contributed by atoms with Gasteiger partial charge in [0.2, 0.25) is 0 Å². The van der Waals surface area contributed by atoms with Crippen LogP contribution in [0.1, 0.15) is 68.2 Å². The van der Waals surface area contributed by atoms with Gasteiger partial charge in [0.25, 0.3) is 0 Å². The zero-order valence-corrected chi connectivity index (χ0v) is 23.5. The summed E-state index contributed by atoms with van der Waals surface area (Å²) in [7, 11) is 0. The lowest BCUT2D eigenvalue weighted by molar-refractivity contribution is -0.219. The third kappa shape index (κ3) is 5.08. The van der Waals surface area contributed by atoms with Gasteiger partial charge >= 0.3 is 29.8 Å². The number of fused-ring (bicyclic) bond motifs is 4. The molecule has 1 saturated carbocycles. The van der Waals surface area contributed by atoms with Crippen LogP contribution >= 0.6 is 0 Å². The first-order valence-corrected chi connectivity index (χ1v) is 13.0. The van der Waals surface area contributed by atoms with Crippen molar-refractivity contribution in [2.24, 2.45) is 11.3 Å². The van der Waals surface area contributed by atoms with Gasteiger partial charge in [-0.1, -0.05) is 12.5 Å². The molecule has 0 aromatic carbocycles. The zero-order chi connectivity index (χ0) is 29.0. The molecule has 4 aliphatic rings. The van der Waals surface area contributed by atoms with Gasteiger partial charge in [-0.15, -0.1) is 0 Å². The molecule has 2 fully saturated rings. The highest BCUT2D eigenvalue weighted by atomic mass is 16.6. The maximum atomic E-state index is 12.8. The molecule has 0 radical (unpaired) electrons. The summed E-state index contributed by atoms with van der Waals surface area (Å²) < 4.78 is 35.4. The van der Waals surface area contributed by atoms with Gasteiger partial charge in [-0.05, 0) is 26.8 Å². The van der Waals surface area contributed by atoms with Crippen LogP contribution in [0, 0.1) is 11.3 Å². The van der Waals surface area contributed by atoms with E-state index in [2.05, 4.69) is 0 Å². The summed E-state index contributed by atoms with van der Waals surface area (Å²) in [6, 6.07) is 0. The smallest absolute Gasteiger partial charge is 0.334 e. The van der Waals surface area contributed by atoms with Crippen molar-refractivity contribution in [3.05, 3.63) is 22.8 Å². The van der Waals surface area contributed by atoms with Crippen molar-refractivity contribution >= 4 is 29.8 Å². The number of hydrogen-bond acceptors (Lipinski definition) is 11. The molecule has 2 aliphatic heterocycles. The summed E-state index contributed by atoms with van der Waals surface area (Å²) in [5.74, 6) is -3.80. The number of hydrogen-bond donors (Lipinski definition) is 0. The predicted octanol–water partition coefficient (Wildman–Crippen LogP) is 2.49. The molecule has 2 heterocycles. The fourth-order valence-electron chi connectivity index (χ4n) is 6.89. The van der Waals surface area contributed by atoms with E-state index in [0.29, 0.717) is 11.1 Å². The van der Waals surface area contributed by atoms with Crippen LogP contribution in [0.3, 0.4) is 0 Å². The second-order valence-electron chi connectivity index (χ2n) is 11.3. The van der Waals surface area contributed by atoms with E-state index in [4.69, 9.17) is 28.4 Å². The van der Waals surface area contributed by atoms with Crippen molar-refractivity contribution in [2.45, 2.75) is 110 Å². The highest BCUT2D eigenvalue weighted by molar-refractivity contribution is 5.92. The normalized spacial score (nSPS) is 39.1. The molecular formula is C28H36O11.